The normalized spacial score (nSPS) is 12.4. The van der Waals surface area contributed by atoms with E-state index in [0.717, 1.165) is 33.5 Å². The van der Waals surface area contributed by atoms with E-state index >= 15 is 0 Å². The summed E-state index contributed by atoms with van der Waals surface area (Å²) in [5.74, 6) is 1.28. The van der Waals surface area contributed by atoms with E-state index in [2.05, 4.69) is 10.3 Å². The maximum absolute atomic E-state index is 12.9. The summed E-state index contributed by atoms with van der Waals surface area (Å²) in [6.45, 7) is 0.870. The largest absolute Gasteiger partial charge is 0.454 e. The van der Waals surface area contributed by atoms with Crippen LogP contribution in [-0.4, -0.2) is 11.8 Å². The van der Waals surface area contributed by atoms with Gasteiger partial charge in [-0.3, -0.25) is 0 Å². The molecule has 0 unspecified atom stereocenters. The predicted molar refractivity (Wildman–Crippen MR) is 87.4 cm³/mol. The van der Waals surface area contributed by atoms with E-state index in [4.69, 9.17) is 9.47 Å². The number of hydrogen-bond acceptors (Lipinski definition) is 5. The molecule has 1 aliphatic rings. The molecule has 0 amide bonds. The van der Waals surface area contributed by atoms with Gasteiger partial charge in [0.1, 0.15) is 5.82 Å². The fourth-order valence-electron chi connectivity index (χ4n) is 2.32. The van der Waals surface area contributed by atoms with Crippen LogP contribution in [0.1, 0.15) is 5.56 Å². The minimum atomic E-state index is -0.229. The second kappa shape index (κ2) is 5.89. The summed E-state index contributed by atoms with van der Waals surface area (Å²) >= 11 is 1.53. The first-order valence-electron chi connectivity index (χ1n) is 7.12. The van der Waals surface area contributed by atoms with Crippen molar-refractivity contribution in [3.63, 3.8) is 0 Å². The maximum Gasteiger partial charge on any atom is 0.231 e. The third kappa shape index (κ3) is 2.98. The lowest BCUT2D eigenvalue weighted by molar-refractivity contribution is 0.174. The third-order valence-corrected chi connectivity index (χ3v) is 4.33. The molecular weight excluding hydrogens is 315 g/mol. The zero-order valence-electron chi connectivity index (χ0n) is 12.1. The summed E-state index contributed by atoms with van der Waals surface area (Å²) in [5, 5.41) is 6.06. The van der Waals surface area contributed by atoms with Gasteiger partial charge in [-0.15, -0.1) is 11.3 Å². The molecule has 1 aromatic heterocycles. The van der Waals surface area contributed by atoms with Crippen molar-refractivity contribution < 1.29 is 13.9 Å². The summed E-state index contributed by atoms with van der Waals surface area (Å²) in [6.07, 6.45) is 0. The summed E-state index contributed by atoms with van der Waals surface area (Å²) in [7, 11) is 0. The standard InChI is InChI=1S/C17H13FN2O2S/c18-13-4-1-11(2-5-13)8-19-17-20-14(9-23-17)12-3-6-15-16(7-12)22-10-21-15/h1-7,9H,8,10H2,(H,19,20). The van der Waals surface area contributed by atoms with E-state index in [1.165, 1.54) is 23.5 Å². The topological polar surface area (TPSA) is 43.4 Å². The fourth-order valence-corrected chi connectivity index (χ4v) is 3.04. The van der Waals surface area contributed by atoms with Gasteiger partial charge in [-0.25, -0.2) is 9.37 Å². The van der Waals surface area contributed by atoms with Gasteiger partial charge in [0.25, 0.3) is 0 Å². The van der Waals surface area contributed by atoms with Crippen molar-refractivity contribution >= 4 is 16.5 Å². The van der Waals surface area contributed by atoms with Gasteiger partial charge >= 0.3 is 0 Å². The molecule has 0 saturated carbocycles. The summed E-state index contributed by atoms with van der Waals surface area (Å²) in [4.78, 5) is 4.58. The highest BCUT2D eigenvalue weighted by molar-refractivity contribution is 7.14. The van der Waals surface area contributed by atoms with E-state index in [9.17, 15) is 4.39 Å². The molecule has 0 aliphatic carbocycles. The number of halogens is 1. The van der Waals surface area contributed by atoms with Gasteiger partial charge in [0.05, 0.1) is 5.69 Å². The molecule has 4 nitrogen and oxygen atoms in total. The molecule has 116 valence electrons. The molecule has 23 heavy (non-hydrogen) atoms. The van der Waals surface area contributed by atoms with Crippen molar-refractivity contribution in [1.82, 2.24) is 4.98 Å². The SMILES string of the molecule is Fc1ccc(CNc2nc(-c3ccc4c(c3)OCO4)cs2)cc1. The van der Waals surface area contributed by atoms with Crippen molar-refractivity contribution in [2.45, 2.75) is 6.54 Å². The predicted octanol–water partition coefficient (Wildman–Crippen LogP) is 4.29. The minimum absolute atomic E-state index is 0.229. The Bertz CT molecular complexity index is 833. The van der Waals surface area contributed by atoms with Crippen LogP contribution in [0.3, 0.4) is 0 Å². The van der Waals surface area contributed by atoms with E-state index in [1.54, 1.807) is 12.1 Å². The first-order valence-corrected chi connectivity index (χ1v) is 8.00. The van der Waals surface area contributed by atoms with Crippen molar-refractivity contribution in [3.8, 4) is 22.8 Å². The number of ether oxygens (including phenoxy) is 2. The van der Waals surface area contributed by atoms with Gasteiger partial charge in [0.15, 0.2) is 16.6 Å². The Labute approximate surface area is 136 Å². The van der Waals surface area contributed by atoms with Gasteiger partial charge in [0, 0.05) is 17.5 Å². The number of aromatic nitrogens is 1. The Kier molecular flexibility index (Phi) is 3.59. The molecule has 0 radical (unpaired) electrons. The molecule has 0 saturated heterocycles. The van der Waals surface area contributed by atoms with Crippen molar-refractivity contribution in [2.75, 3.05) is 12.1 Å². The number of benzene rings is 2. The highest BCUT2D eigenvalue weighted by Gasteiger charge is 2.15. The zero-order valence-corrected chi connectivity index (χ0v) is 12.9. The molecule has 6 heteroatoms. The van der Waals surface area contributed by atoms with Gasteiger partial charge in [-0.2, -0.15) is 0 Å². The molecule has 0 bridgehead atoms. The number of nitrogens with zero attached hydrogens (tertiary/aromatic N) is 1. The molecule has 2 heterocycles. The zero-order chi connectivity index (χ0) is 15.6. The minimum Gasteiger partial charge on any atom is -0.454 e. The molecule has 2 aromatic carbocycles. The smallest absolute Gasteiger partial charge is 0.231 e. The molecule has 0 atom stereocenters. The van der Waals surface area contributed by atoms with E-state index in [1.807, 2.05) is 23.6 Å². The van der Waals surface area contributed by atoms with Crippen molar-refractivity contribution in [2.24, 2.45) is 0 Å². The lowest BCUT2D eigenvalue weighted by Gasteiger charge is -2.03. The second-order valence-electron chi connectivity index (χ2n) is 5.09. The average molecular weight is 328 g/mol. The highest BCUT2D eigenvalue weighted by atomic mass is 32.1. The van der Waals surface area contributed by atoms with Crippen LogP contribution in [0.5, 0.6) is 11.5 Å². The Morgan fingerprint density at radius 3 is 2.78 bits per heavy atom. The molecule has 0 spiro atoms. The van der Waals surface area contributed by atoms with Gasteiger partial charge < -0.3 is 14.8 Å². The lowest BCUT2D eigenvalue weighted by Crippen LogP contribution is -1.98. The van der Waals surface area contributed by atoms with Crippen LogP contribution in [-0.2, 0) is 6.54 Å². The van der Waals surface area contributed by atoms with Crippen molar-refractivity contribution in [1.29, 1.82) is 0 Å². The second-order valence-corrected chi connectivity index (χ2v) is 5.94. The summed E-state index contributed by atoms with van der Waals surface area (Å²) in [6, 6.07) is 12.2. The fraction of sp³-hybridized carbons (Fsp3) is 0.118. The van der Waals surface area contributed by atoms with E-state index in [-0.39, 0.29) is 12.6 Å². The van der Waals surface area contributed by atoms with Crippen LogP contribution in [0.2, 0.25) is 0 Å². The summed E-state index contributed by atoms with van der Waals surface area (Å²) in [5.41, 5.74) is 2.88. The van der Waals surface area contributed by atoms with Crippen LogP contribution in [0.15, 0.2) is 47.8 Å². The Morgan fingerprint density at radius 2 is 1.91 bits per heavy atom. The third-order valence-electron chi connectivity index (χ3n) is 3.53. The Morgan fingerprint density at radius 1 is 1.09 bits per heavy atom. The van der Waals surface area contributed by atoms with E-state index < -0.39 is 0 Å². The molecule has 1 aliphatic heterocycles. The van der Waals surface area contributed by atoms with Gasteiger partial charge in [-0.05, 0) is 35.9 Å². The average Bonchev–Trinajstić information content (AvgIpc) is 3.22. The first kappa shape index (κ1) is 14.0. The molecule has 1 N–H and O–H groups in total. The number of rotatable bonds is 4. The van der Waals surface area contributed by atoms with Crippen LogP contribution in [0.25, 0.3) is 11.3 Å². The van der Waals surface area contributed by atoms with Crippen molar-refractivity contribution in [3.05, 3.63) is 59.2 Å². The maximum atomic E-state index is 12.9. The highest BCUT2D eigenvalue weighted by Crippen LogP contribution is 2.36. The van der Waals surface area contributed by atoms with Crippen LogP contribution in [0, 0.1) is 5.82 Å². The molecular formula is C17H13FN2O2S. The van der Waals surface area contributed by atoms with Gasteiger partial charge in [-0.1, -0.05) is 12.1 Å². The Hall–Kier alpha value is -2.60. The Balaban J connectivity index is 1.47. The molecule has 4 rings (SSSR count). The number of anilines is 1. The van der Waals surface area contributed by atoms with E-state index in [0.29, 0.717) is 6.54 Å². The summed E-state index contributed by atoms with van der Waals surface area (Å²) < 4.78 is 23.6. The first-order chi connectivity index (χ1) is 11.3. The van der Waals surface area contributed by atoms with Crippen LogP contribution in [0.4, 0.5) is 9.52 Å². The van der Waals surface area contributed by atoms with Crippen LogP contribution >= 0.6 is 11.3 Å². The quantitative estimate of drug-likeness (QED) is 0.776. The molecule has 0 fully saturated rings. The molecule has 3 aromatic rings. The number of thiazole rings is 1. The number of hydrogen-bond donors (Lipinski definition) is 1. The lowest BCUT2D eigenvalue weighted by atomic mass is 10.1. The van der Waals surface area contributed by atoms with Gasteiger partial charge in [0.2, 0.25) is 6.79 Å². The monoisotopic (exact) mass is 328 g/mol. The number of fused-ring (bicyclic) bond motifs is 1. The number of nitrogens with one attached hydrogen (secondary N) is 1. The van der Waals surface area contributed by atoms with Crippen LogP contribution < -0.4 is 14.8 Å².